The lowest BCUT2D eigenvalue weighted by Crippen LogP contribution is -2.17. The lowest BCUT2D eigenvalue weighted by atomic mass is 10.1. The number of hydrogen-bond acceptors (Lipinski definition) is 4. The SMILES string of the molecule is Cc1nc(NCCc2ccc(F)cc2)cc(C(=O)Nc2cc(Cl)ccc2C)n1. The van der Waals surface area contributed by atoms with Gasteiger partial charge in [0.1, 0.15) is 23.2 Å². The molecule has 28 heavy (non-hydrogen) atoms. The highest BCUT2D eigenvalue weighted by Gasteiger charge is 2.12. The molecule has 0 unspecified atom stereocenters. The predicted octanol–water partition coefficient (Wildman–Crippen LogP) is 4.79. The zero-order valence-electron chi connectivity index (χ0n) is 15.6. The summed E-state index contributed by atoms with van der Waals surface area (Å²) in [4.78, 5) is 21.1. The van der Waals surface area contributed by atoms with Gasteiger partial charge in [0.25, 0.3) is 5.91 Å². The molecule has 0 spiro atoms. The van der Waals surface area contributed by atoms with Crippen LogP contribution in [0.5, 0.6) is 0 Å². The molecule has 5 nitrogen and oxygen atoms in total. The van der Waals surface area contributed by atoms with Gasteiger partial charge in [0, 0.05) is 23.3 Å². The van der Waals surface area contributed by atoms with Crippen LogP contribution in [0.15, 0.2) is 48.5 Å². The van der Waals surface area contributed by atoms with Gasteiger partial charge in [-0.25, -0.2) is 14.4 Å². The van der Waals surface area contributed by atoms with Crippen molar-refractivity contribution < 1.29 is 9.18 Å². The summed E-state index contributed by atoms with van der Waals surface area (Å²) in [5, 5.41) is 6.56. The second-order valence-electron chi connectivity index (χ2n) is 6.40. The van der Waals surface area contributed by atoms with Crippen LogP contribution in [0, 0.1) is 19.7 Å². The molecule has 2 N–H and O–H groups in total. The van der Waals surface area contributed by atoms with E-state index in [4.69, 9.17) is 11.6 Å². The zero-order chi connectivity index (χ0) is 20.1. The van der Waals surface area contributed by atoms with Crippen LogP contribution < -0.4 is 10.6 Å². The van der Waals surface area contributed by atoms with Gasteiger partial charge in [-0.05, 0) is 55.7 Å². The van der Waals surface area contributed by atoms with Crippen molar-refractivity contribution >= 4 is 29.0 Å². The van der Waals surface area contributed by atoms with Crippen molar-refractivity contribution in [1.29, 1.82) is 0 Å². The third kappa shape index (κ3) is 5.27. The van der Waals surface area contributed by atoms with Crippen molar-refractivity contribution in [2.45, 2.75) is 20.3 Å². The van der Waals surface area contributed by atoms with Gasteiger partial charge in [0.15, 0.2) is 0 Å². The minimum Gasteiger partial charge on any atom is -0.370 e. The molecule has 1 amide bonds. The summed E-state index contributed by atoms with van der Waals surface area (Å²) < 4.78 is 13.0. The molecule has 0 saturated heterocycles. The monoisotopic (exact) mass is 398 g/mol. The molecule has 144 valence electrons. The molecule has 2 aromatic carbocycles. The quantitative estimate of drug-likeness (QED) is 0.626. The van der Waals surface area contributed by atoms with E-state index in [0.29, 0.717) is 35.3 Å². The highest BCUT2D eigenvalue weighted by molar-refractivity contribution is 6.31. The molecule has 0 bridgehead atoms. The van der Waals surface area contributed by atoms with Crippen LogP contribution in [0.3, 0.4) is 0 Å². The van der Waals surface area contributed by atoms with Gasteiger partial charge >= 0.3 is 0 Å². The number of carbonyl (C=O) groups is 1. The number of hydrogen-bond donors (Lipinski definition) is 2. The second kappa shape index (κ2) is 8.80. The smallest absolute Gasteiger partial charge is 0.274 e. The lowest BCUT2D eigenvalue weighted by Gasteiger charge is -2.11. The molecule has 0 radical (unpaired) electrons. The normalized spacial score (nSPS) is 10.6. The van der Waals surface area contributed by atoms with E-state index in [1.165, 1.54) is 12.1 Å². The Morgan fingerprint density at radius 2 is 1.82 bits per heavy atom. The number of aromatic nitrogens is 2. The van der Waals surface area contributed by atoms with E-state index in [2.05, 4.69) is 20.6 Å². The Morgan fingerprint density at radius 1 is 1.07 bits per heavy atom. The van der Waals surface area contributed by atoms with Gasteiger partial charge in [-0.2, -0.15) is 0 Å². The first-order valence-electron chi connectivity index (χ1n) is 8.82. The topological polar surface area (TPSA) is 66.9 Å². The van der Waals surface area contributed by atoms with E-state index in [9.17, 15) is 9.18 Å². The first-order valence-corrected chi connectivity index (χ1v) is 9.20. The van der Waals surface area contributed by atoms with E-state index >= 15 is 0 Å². The third-order valence-electron chi connectivity index (χ3n) is 4.15. The fraction of sp³-hybridized carbons (Fsp3) is 0.190. The Morgan fingerprint density at radius 3 is 2.57 bits per heavy atom. The average molecular weight is 399 g/mol. The number of nitrogens with zero attached hydrogens (tertiary/aromatic N) is 2. The van der Waals surface area contributed by atoms with E-state index in [1.807, 2.05) is 13.0 Å². The number of benzene rings is 2. The maximum atomic E-state index is 13.0. The second-order valence-corrected chi connectivity index (χ2v) is 6.84. The van der Waals surface area contributed by atoms with Crippen molar-refractivity contribution in [3.8, 4) is 0 Å². The minimum atomic E-state index is -0.336. The van der Waals surface area contributed by atoms with Crippen LogP contribution in [0.1, 0.15) is 27.4 Å². The number of aryl methyl sites for hydroxylation is 2. The van der Waals surface area contributed by atoms with E-state index < -0.39 is 0 Å². The van der Waals surface area contributed by atoms with Crippen molar-refractivity contribution in [1.82, 2.24) is 9.97 Å². The average Bonchev–Trinajstić information content (AvgIpc) is 2.66. The van der Waals surface area contributed by atoms with Crippen LogP contribution in [-0.2, 0) is 6.42 Å². The molecule has 0 aliphatic rings. The van der Waals surface area contributed by atoms with Gasteiger partial charge in [0.05, 0.1) is 0 Å². The van der Waals surface area contributed by atoms with Crippen LogP contribution >= 0.6 is 11.6 Å². The van der Waals surface area contributed by atoms with Crippen molar-refractivity contribution in [2.75, 3.05) is 17.2 Å². The van der Waals surface area contributed by atoms with E-state index in [1.54, 1.807) is 37.3 Å². The summed E-state index contributed by atoms with van der Waals surface area (Å²) in [6.45, 7) is 4.21. The van der Waals surface area contributed by atoms with Crippen LogP contribution in [-0.4, -0.2) is 22.4 Å². The molecule has 1 heterocycles. The van der Waals surface area contributed by atoms with Crippen molar-refractivity contribution in [3.63, 3.8) is 0 Å². The largest absolute Gasteiger partial charge is 0.370 e. The highest BCUT2D eigenvalue weighted by atomic mass is 35.5. The standard InChI is InChI=1S/C21H20ClFN4O/c1-13-3-6-16(22)11-18(13)27-21(28)19-12-20(26-14(2)25-19)24-10-9-15-4-7-17(23)8-5-15/h3-8,11-12H,9-10H2,1-2H3,(H,27,28)(H,24,25,26). The van der Waals surface area contributed by atoms with Crippen LogP contribution in [0.2, 0.25) is 5.02 Å². The summed E-state index contributed by atoms with van der Waals surface area (Å²) >= 11 is 6.01. The number of nitrogens with one attached hydrogen (secondary N) is 2. The van der Waals surface area contributed by atoms with Gasteiger partial charge in [-0.15, -0.1) is 0 Å². The van der Waals surface area contributed by atoms with E-state index in [0.717, 1.165) is 11.1 Å². The minimum absolute atomic E-state index is 0.256. The summed E-state index contributed by atoms with van der Waals surface area (Å²) in [5.74, 6) is 0.452. The van der Waals surface area contributed by atoms with Gasteiger partial charge in [-0.3, -0.25) is 4.79 Å². The third-order valence-corrected chi connectivity index (χ3v) is 4.39. The Bertz CT molecular complexity index is 992. The summed E-state index contributed by atoms with van der Waals surface area (Å²) in [5.41, 5.74) is 2.81. The van der Waals surface area contributed by atoms with E-state index in [-0.39, 0.29) is 17.4 Å². The van der Waals surface area contributed by atoms with Gasteiger partial charge in [-0.1, -0.05) is 29.8 Å². The number of rotatable bonds is 6. The lowest BCUT2D eigenvalue weighted by molar-refractivity contribution is 0.102. The molecule has 1 aromatic heterocycles. The predicted molar refractivity (Wildman–Crippen MR) is 110 cm³/mol. The molecule has 0 aliphatic heterocycles. The van der Waals surface area contributed by atoms with Crippen LogP contribution in [0.4, 0.5) is 15.9 Å². The summed E-state index contributed by atoms with van der Waals surface area (Å²) in [7, 11) is 0. The number of halogens is 2. The Hall–Kier alpha value is -2.99. The molecular formula is C21H20ClFN4O. The van der Waals surface area contributed by atoms with Crippen molar-refractivity contribution in [3.05, 3.63) is 82.0 Å². The zero-order valence-corrected chi connectivity index (χ0v) is 16.3. The van der Waals surface area contributed by atoms with Gasteiger partial charge in [0.2, 0.25) is 0 Å². The Kier molecular flexibility index (Phi) is 6.21. The molecule has 7 heteroatoms. The molecule has 3 aromatic rings. The Labute approximate surface area is 168 Å². The first kappa shape index (κ1) is 19.8. The van der Waals surface area contributed by atoms with Crippen LogP contribution in [0.25, 0.3) is 0 Å². The number of carbonyl (C=O) groups excluding carboxylic acids is 1. The molecule has 0 saturated carbocycles. The fourth-order valence-corrected chi connectivity index (χ4v) is 2.85. The fourth-order valence-electron chi connectivity index (χ4n) is 2.68. The molecule has 0 fully saturated rings. The summed E-state index contributed by atoms with van der Waals surface area (Å²) in [6, 6.07) is 13.3. The number of amides is 1. The maximum Gasteiger partial charge on any atom is 0.274 e. The molecule has 0 atom stereocenters. The molecular weight excluding hydrogens is 379 g/mol. The maximum absolute atomic E-state index is 13.0. The van der Waals surface area contributed by atoms with Crippen molar-refractivity contribution in [2.24, 2.45) is 0 Å². The Balaban J connectivity index is 1.67. The highest BCUT2D eigenvalue weighted by Crippen LogP contribution is 2.21. The molecule has 3 rings (SSSR count). The number of anilines is 2. The first-order chi connectivity index (χ1) is 13.4. The summed E-state index contributed by atoms with van der Waals surface area (Å²) in [6.07, 6.45) is 0.701. The molecule has 0 aliphatic carbocycles. The van der Waals surface area contributed by atoms with Gasteiger partial charge < -0.3 is 10.6 Å².